The minimum atomic E-state index is -0.116. The topological polar surface area (TPSA) is 62.2 Å². The van der Waals surface area contributed by atoms with Gasteiger partial charge in [-0.2, -0.15) is 0 Å². The number of H-pyrrole nitrogens is 1. The van der Waals surface area contributed by atoms with Gasteiger partial charge in [-0.25, -0.2) is 4.98 Å². The van der Waals surface area contributed by atoms with E-state index >= 15 is 0 Å². The highest BCUT2D eigenvalue weighted by Gasteiger charge is 2.16. The van der Waals surface area contributed by atoms with Crippen molar-refractivity contribution in [3.63, 3.8) is 0 Å². The van der Waals surface area contributed by atoms with Crippen molar-refractivity contribution in [1.29, 1.82) is 0 Å². The molecule has 1 aromatic carbocycles. The molecular weight excluding hydrogens is 320 g/mol. The molecule has 0 fully saturated rings. The van der Waals surface area contributed by atoms with E-state index in [2.05, 4.69) is 15.3 Å². The summed E-state index contributed by atoms with van der Waals surface area (Å²) >= 11 is 1.59. The molecule has 5 nitrogen and oxygen atoms in total. The van der Waals surface area contributed by atoms with Crippen LogP contribution in [0.2, 0.25) is 0 Å². The number of rotatable bonds is 4. The highest BCUT2D eigenvalue weighted by atomic mass is 32.1. The number of thiazole rings is 1. The number of benzene rings is 1. The zero-order valence-electron chi connectivity index (χ0n) is 13.5. The molecule has 0 spiro atoms. The van der Waals surface area contributed by atoms with Crippen molar-refractivity contribution in [2.75, 3.05) is 0 Å². The average Bonchev–Trinajstić information content (AvgIpc) is 3.21. The minimum absolute atomic E-state index is 0.00621. The van der Waals surface area contributed by atoms with Crippen LogP contribution in [0.1, 0.15) is 29.9 Å². The van der Waals surface area contributed by atoms with Crippen molar-refractivity contribution in [1.82, 2.24) is 19.7 Å². The fourth-order valence-electron chi connectivity index (χ4n) is 3.04. The predicted octanol–water partition coefficient (Wildman–Crippen LogP) is 3.61. The third-order valence-corrected chi connectivity index (χ3v) is 5.07. The highest BCUT2D eigenvalue weighted by Crippen LogP contribution is 2.23. The Morgan fingerprint density at radius 1 is 1.42 bits per heavy atom. The Labute approximate surface area is 143 Å². The molecule has 6 heteroatoms. The quantitative estimate of drug-likeness (QED) is 0.597. The summed E-state index contributed by atoms with van der Waals surface area (Å²) in [5.41, 5.74) is 4.05. The number of nitrogens with zero attached hydrogens (tertiary/aromatic N) is 2. The third-order valence-electron chi connectivity index (χ3n) is 4.30. The van der Waals surface area contributed by atoms with Gasteiger partial charge in [0.15, 0.2) is 4.96 Å². The van der Waals surface area contributed by atoms with Crippen LogP contribution < -0.4 is 5.32 Å². The molecule has 2 N–H and O–H groups in total. The van der Waals surface area contributed by atoms with Gasteiger partial charge in [0.2, 0.25) is 5.91 Å². The fourth-order valence-corrected chi connectivity index (χ4v) is 3.75. The molecule has 4 aromatic rings. The lowest BCUT2D eigenvalue weighted by atomic mass is 10.1. The molecule has 0 aliphatic heterocycles. The number of aromatic nitrogens is 3. The number of aryl methyl sites for hydroxylation is 1. The van der Waals surface area contributed by atoms with E-state index in [4.69, 9.17) is 0 Å². The maximum atomic E-state index is 12.5. The molecular formula is C18H18N4OS. The highest BCUT2D eigenvalue weighted by molar-refractivity contribution is 7.15. The van der Waals surface area contributed by atoms with Crippen LogP contribution >= 0.6 is 11.3 Å². The molecule has 122 valence electrons. The summed E-state index contributed by atoms with van der Waals surface area (Å²) in [5.74, 6) is 0.00621. The summed E-state index contributed by atoms with van der Waals surface area (Å²) in [7, 11) is 0. The molecule has 4 rings (SSSR count). The summed E-state index contributed by atoms with van der Waals surface area (Å²) in [6.45, 7) is 3.97. The molecule has 0 saturated heterocycles. The maximum Gasteiger partial charge on any atom is 0.225 e. The Balaban J connectivity index is 1.51. The normalized spacial score (nSPS) is 12.8. The van der Waals surface area contributed by atoms with Crippen molar-refractivity contribution in [2.45, 2.75) is 26.3 Å². The molecule has 24 heavy (non-hydrogen) atoms. The van der Waals surface area contributed by atoms with Crippen LogP contribution in [-0.2, 0) is 11.2 Å². The van der Waals surface area contributed by atoms with Crippen molar-refractivity contribution in [3.8, 4) is 0 Å². The number of hydrogen-bond donors (Lipinski definition) is 2. The zero-order chi connectivity index (χ0) is 16.7. The predicted molar refractivity (Wildman–Crippen MR) is 96.4 cm³/mol. The lowest BCUT2D eigenvalue weighted by Gasteiger charge is -2.11. The van der Waals surface area contributed by atoms with Crippen LogP contribution in [0, 0.1) is 6.92 Å². The SMILES string of the molecule is Cc1[nH]c2ccccc2c1CC(=O)NC(C)c1cn2ccsc2n1. The molecule has 0 saturated carbocycles. The maximum absolute atomic E-state index is 12.5. The Morgan fingerprint density at radius 2 is 2.25 bits per heavy atom. The number of aromatic amines is 1. The van der Waals surface area contributed by atoms with Crippen LogP contribution in [-0.4, -0.2) is 20.3 Å². The number of fused-ring (bicyclic) bond motifs is 2. The smallest absolute Gasteiger partial charge is 0.225 e. The van der Waals surface area contributed by atoms with E-state index in [0.717, 1.165) is 32.8 Å². The van der Waals surface area contributed by atoms with Crippen LogP contribution in [0.4, 0.5) is 0 Å². The van der Waals surface area contributed by atoms with Crippen LogP contribution in [0.15, 0.2) is 42.0 Å². The second-order valence-electron chi connectivity index (χ2n) is 6.00. The molecule has 1 unspecified atom stereocenters. The van der Waals surface area contributed by atoms with Gasteiger partial charge < -0.3 is 10.3 Å². The van der Waals surface area contributed by atoms with Gasteiger partial charge in [0.05, 0.1) is 18.2 Å². The van der Waals surface area contributed by atoms with E-state index in [1.54, 1.807) is 11.3 Å². The molecule has 0 aliphatic rings. The Bertz CT molecular complexity index is 998. The van der Waals surface area contributed by atoms with Gasteiger partial charge in [-0.3, -0.25) is 9.20 Å². The minimum Gasteiger partial charge on any atom is -0.358 e. The summed E-state index contributed by atoms with van der Waals surface area (Å²) < 4.78 is 1.98. The molecule has 0 bridgehead atoms. The lowest BCUT2D eigenvalue weighted by Crippen LogP contribution is -2.28. The van der Waals surface area contributed by atoms with Gasteiger partial charge >= 0.3 is 0 Å². The Morgan fingerprint density at radius 3 is 3.08 bits per heavy atom. The summed E-state index contributed by atoms with van der Waals surface area (Å²) in [4.78, 5) is 21.3. The summed E-state index contributed by atoms with van der Waals surface area (Å²) in [6, 6.07) is 7.96. The first kappa shape index (κ1) is 15.0. The second kappa shape index (κ2) is 5.79. The fraction of sp³-hybridized carbons (Fsp3) is 0.222. The van der Waals surface area contributed by atoms with Crippen molar-refractivity contribution < 1.29 is 4.79 Å². The number of imidazole rings is 1. The van der Waals surface area contributed by atoms with Gasteiger partial charge in [0.1, 0.15) is 0 Å². The molecule has 1 atom stereocenters. The van der Waals surface area contributed by atoms with Crippen LogP contribution in [0.5, 0.6) is 0 Å². The van der Waals surface area contributed by atoms with E-state index < -0.39 is 0 Å². The van der Waals surface area contributed by atoms with Gasteiger partial charge in [-0.05, 0) is 25.5 Å². The van der Waals surface area contributed by atoms with Crippen molar-refractivity contribution in [3.05, 3.63) is 59.0 Å². The number of hydrogen-bond acceptors (Lipinski definition) is 3. The molecule has 1 amide bonds. The van der Waals surface area contributed by atoms with Gasteiger partial charge in [-0.1, -0.05) is 18.2 Å². The number of amides is 1. The molecule has 0 aliphatic carbocycles. The largest absolute Gasteiger partial charge is 0.358 e. The first-order valence-electron chi connectivity index (χ1n) is 7.89. The van der Waals surface area contributed by atoms with Crippen LogP contribution in [0.3, 0.4) is 0 Å². The first-order valence-corrected chi connectivity index (χ1v) is 8.77. The monoisotopic (exact) mass is 338 g/mol. The van der Waals surface area contributed by atoms with E-state index in [9.17, 15) is 4.79 Å². The first-order chi connectivity index (χ1) is 11.6. The Kier molecular flexibility index (Phi) is 3.61. The average molecular weight is 338 g/mol. The van der Waals surface area contributed by atoms with Crippen molar-refractivity contribution in [2.24, 2.45) is 0 Å². The van der Waals surface area contributed by atoms with Crippen LogP contribution in [0.25, 0.3) is 15.9 Å². The Hall–Kier alpha value is -2.60. The molecule has 0 radical (unpaired) electrons. The standard InChI is InChI=1S/C18H18N4OS/c1-11-14(13-5-3-4-6-15(13)19-11)9-17(23)20-12(2)16-10-22-7-8-24-18(22)21-16/h3-8,10,12,19H,9H2,1-2H3,(H,20,23). The van der Waals surface area contributed by atoms with E-state index in [0.29, 0.717) is 6.42 Å². The number of carbonyl (C=O) groups excluding carboxylic acids is 1. The van der Waals surface area contributed by atoms with Gasteiger partial charge in [-0.15, -0.1) is 11.3 Å². The van der Waals surface area contributed by atoms with Gasteiger partial charge in [0.25, 0.3) is 0 Å². The van der Waals surface area contributed by atoms with E-state index in [1.165, 1.54) is 0 Å². The number of para-hydroxylation sites is 1. The summed E-state index contributed by atoms with van der Waals surface area (Å²) in [5, 5.41) is 6.16. The second-order valence-corrected chi connectivity index (χ2v) is 6.87. The zero-order valence-corrected chi connectivity index (χ0v) is 14.4. The summed E-state index contributed by atoms with van der Waals surface area (Å²) in [6.07, 6.45) is 4.30. The van der Waals surface area contributed by atoms with E-state index in [-0.39, 0.29) is 11.9 Å². The number of nitrogens with one attached hydrogen (secondary N) is 2. The van der Waals surface area contributed by atoms with Gasteiger partial charge in [0, 0.05) is 34.4 Å². The van der Waals surface area contributed by atoms with Crippen molar-refractivity contribution >= 4 is 33.1 Å². The number of carbonyl (C=O) groups is 1. The lowest BCUT2D eigenvalue weighted by molar-refractivity contribution is -0.121. The van der Waals surface area contributed by atoms with E-state index in [1.807, 2.05) is 60.3 Å². The molecule has 3 heterocycles. The molecule has 3 aromatic heterocycles. The third kappa shape index (κ3) is 2.59.